The Morgan fingerprint density at radius 1 is 1.09 bits per heavy atom. The maximum Gasteiger partial charge on any atom is 0.163 e. The highest BCUT2D eigenvalue weighted by molar-refractivity contribution is 5.94. The number of rotatable bonds is 8. The molecule has 1 aromatic carbocycles. The molecule has 8 heteroatoms. The van der Waals surface area contributed by atoms with Gasteiger partial charge in [0.2, 0.25) is 0 Å². The number of anilines is 2. The summed E-state index contributed by atoms with van der Waals surface area (Å²) in [5, 5.41) is 4.26. The van der Waals surface area contributed by atoms with Gasteiger partial charge in [-0.05, 0) is 36.8 Å². The van der Waals surface area contributed by atoms with Crippen LogP contribution >= 0.6 is 0 Å². The Labute approximate surface area is 186 Å². The molecular weight excluding hydrogens is 408 g/mol. The fourth-order valence-corrected chi connectivity index (χ4v) is 3.96. The van der Waals surface area contributed by atoms with Crippen LogP contribution in [0, 0.1) is 0 Å². The third kappa shape index (κ3) is 4.32. The van der Waals surface area contributed by atoms with Gasteiger partial charge in [-0.15, -0.1) is 0 Å². The first-order valence-electron chi connectivity index (χ1n) is 10.8. The molecule has 1 fully saturated rings. The molecule has 0 amide bonds. The van der Waals surface area contributed by atoms with Crippen LogP contribution in [0.1, 0.15) is 6.42 Å². The molecule has 3 heterocycles. The molecule has 0 unspecified atom stereocenters. The first-order valence-corrected chi connectivity index (χ1v) is 10.8. The van der Waals surface area contributed by atoms with Crippen LogP contribution in [0.2, 0.25) is 0 Å². The van der Waals surface area contributed by atoms with E-state index in [1.165, 1.54) is 0 Å². The van der Waals surface area contributed by atoms with Crippen molar-refractivity contribution >= 4 is 22.4 Å². The molecule has 5 rings (SSSR count). The summed E-state index contributed by atoms with van der Waals surface area (Å²) in [7, 11) is 1.64. The molecule has 166 valence electrons. The maximum atomic E-state index is 6.05. The fraction of sp³-hybridized carbons (Fsp3) is 0.333. The summed E-state index contributed by atoms with van der Waals surface area (Å²) in [6.45, 7) is 5.20. The van der Waals surface area contributed by atoms with Crippen LogP contribution in [-0.2, 0) is 4.74 Å². The molecule has 1 aliphatic carbocycles. The van der Waals surface area contributed by atoms with Crippen molar-refractivity contribution in [2.45, 2.75) is 6.42 Å². The average Bonchev–Trinajstić information content (AvgIpc) is 3.25. The van der Waals surface area contributed by atoms with Crippen LogP contribution in [0.15, 0.2) is 53.4 Å². The molecule has 3 aliphatic rings. The van der Waals surface area contributed by atoms with Crippen LogP contribution in [0.5, 0.6) is 11.5 Å². The van der Waals surface area contributed by atoms with Crippen molar-refractivity contribution in [3.05, 3.63) is 49.0 Å². The van der Waals surface area contributed by atoms with Crippen LogP contribution in [0.4, 0.5) is 11.5 Å². The second-order valence-electron chi connectivity index (χ2n) is 7.66. The predicted molar refractivity (Wildman–Crippen MR) is 122 cm³/mol. The average molecular weight is 434 g/mol. The van der Waals surface area contributed by atoms with E-state index in [4.69, 9.17) is 18.6 Å². The number of aromatic nitrogens is 2. The topological polar surface area (TPSA) is 81.9 Å². The lowest BCUT2D eigenvalue weighted by atomic mass is 10.2. The maximum absolute atomic E-state index is 6.05. The lowest BCUT2D eigenvalue weighted by Gasteiger charge is -2.26. The minimum atomic E-state index is 0.610. The predicted octanol–water partition coefficient (Wildman–Crippen LogP) is 4.18. The number of fused-ring (bicyclic) bond motifs is 2. The number of methoxy groups -OCH3 is 1. The summed E-state index contributed by atoms with van der Waals surface area (Å²) < 4.78 is 22.6. The molecule has 1 N–H and O–H groups in total. The molecule has 0 spiro atoms. The van der Waals surface area contributed by atoms with Crippen molar-refractivity contribution < 1.29 is 18.6 Å². The van der Waals surface area contributed by atoms with Gasteiger partial charge in [-0.2, -0.15) is 0 Å². The van der Waals surface area contributed by atoms with Gasteiger partial charge in [0.15, 0.2) is 11.5 Å². The van der Waals surface area contributed by atoms with Gasteiger partial charge in [-0.25, -0.2) is 9.97 Å². The Kier molecular flexibility index (Phi) is 6.04. The zero-order valence-corrected chi connectivity index (χ0v) is 18.0. The van der Waals surface area contributed by atoms with Crippen molar-refractivity contribution in [3.63, 3.8) is 0 Å². The van der Waals surface area contributed by atoms with E-state index in [0.29, 0.717) is 23.9 Å². The Balaban J connectivity index is 1.33. The summed E-state index contributed by atoms with van der Waals surface area (Å²) in [4.78, 5) is 11.3. The summed E-state index contributed by atoms with van der Waals surface area (Å²) in [5.41, 5.74) is 2.70. The van der Waals surface area contributed by atoms with Crippen molar-refractivity contribution in [2.75, 3.05) is 51.9 Å². The summed E-state index contributed by atoms with van der Waals surface area (Å²) in [6.07, 6.45) is 4.15. The largest absolute Gasteiger partial charge is 0.493 e. The molecule has 0 bridgehead atoms. The highest BCUT2D eigenvalue weighted by Gasteiger charge is 2.16. The normalized spacial score (nSPS) is 14.7. The van der Waals surface area contributed by atoms with Gasteiger partial charge in [0.1, 0.15) is 17.9 Å². The van der Waals surface area contributed by atoms with Crippen molar-refractivity contribution in [3.8, 4) is 22.8 Å². The minimum absolute atomic E-state index is 0.610. The Morgan fingerprint density at radius 3 is 2.88 bits per heavy atom. The first-order chi connectivity index (χ1) is 15.8. The van der Waals surface area contributed by atoms with Crippen molar-refractivity contribution in [1.29, 1.82) is 0 Å². The van der Waals surface area contributed by atoms with E-state index in [1.54, 1.807) is 19.7 Å². The second-order valence-corrected chi connectivity index (χ2v) is 7.66. The smallest absolute Gasteiger partial charge is 0.163 e. The zero-order valence-electron chi connectivity index (χ0n) is 18.0. The summed E-state index contributed by atoms with van der Waals surface area (Å²) >= 11 is 0. The standard InChI is InChI=1S/C24H26N4O4/c1-29-22-14-18-20(15-23(22)32-11-3-7-28-8-12-30-13-9-28)25-16-26-24(18)27-19-5-6-21-17(19)4-2-10-31-21/h2,4-6,10,14-16H,3,7-9,11-13H2,1H3,(H,25,26,27). The summed E-state index contributed by atoms with van der Waals surface area (Å²) in [5.74, 6) is 2.86. The van der Waals surface area contributed by atoms with E-state index in [2.05, 4.69) is 20.2 Å². The van der Waals surface area contributed by atoms with Gasteiger partial charge >= 0.3 is 0 Å². The van der Waals surface area contributed by atoms with Crippen LogP contribution < -0.4 is 14.8 Å². The fourth-order valence-electron chi connectivity index (χ4n) is 3.96. The first kappa shape index (κ1) is 20.5. The molecule has 32 heavy (non-hydrogen) atoms. The van der Waals surface area contributed by atoms with E-state index < -0.39 is 0 Å². The molecular formula is C24H26N4O4. The number of nitrogens with one attached hydrogen (secondary N) is 1. The molecule has 0 radical (unpaired) electrons. The lowest BCUT2D eigenvalue weighted by molar-refractivity contribution is 0.0357. The van der Waals surface area contributed by atoms with Crippen LogP contribution in [0.25, 0.3) is 22.2 Å². The van der Waals surface area contributed by atoms with Gasteiger partial charge in [0, 0.05) is 36.7 Å². The van der Waals surface area contributed by atoms with Gasteiger partial charge < -0.3 is 23.9 Å². The lowest BCUT2D eigenvalue weighted by Crippen LogP contribution is -2.37. The SMILES string of the molecule is COc1cc2c(Nc3ccc4occcc3-4)ncnc2cc1OCCCN1CCOCC1. The quantitative estimate of drug-likeness (QED) is 0.414. The van der Waals surface area contributed by atoms with E-state index >= 15 is 0 Å². The highest BCUT2D eigenvalue weighted by atomic mass is 16.5. The van der Waals surface area contributed by atoms with Gasteiger partial charge in [-0.1, -0.05) is 0 Å². The Morgan fingerprint density at radius 2 is 2.00 bits per heavy atom. The number of hydrogen-bond donors (Lipinski definition) is 1. The van der Waals surface area contributed by atoms with E-state index in [9.17, 15) is 0 Å². The molecule has 1 aromatic heterocycles. The number of ether oxygens (including phenoxy) is 3. The third-order valence-electron chi connectivity index (χ3n) is 5.65. The highest BCUT2D eigenvalue weighted by Crippen LogP contribution is 2.37. The minimum Gasteiger partial charge on any atom is -0.493 e. The third-order valence-corrected chi connectivity index (χ3v) is 5.65. The summed E-state index contributed by atoms with van der Waals surface area (Å²) in [6, 6.07) is 11.6. The molecule has 0 atom stereocenters. The van der Waals surface area contributed by atoms with Gasteiger partial charge in [0.05, 0.1) is 44.4 Å². The number of hydrogen-bond acceptors (Lipinski definition) is 8. The van der Waals surface area contributed by atoms with Crippen molar-refractivity contribution in [1.82, 2.24) is 14.9 Å². The van der Waals surface area contributed by atoms with E-state index in [1.807, 2.05) is 36.4 Å². The molecule has 1 saturated heterocycles. The van der Waals surface area contributed by atoms with Crippen LogP contribution in [-0.4, -0.2) is 61.4 Å². The zero-order chi connectivity index (χ0) is 21.8. The van der Waals surface area contributed by atoms with E-state index in [0.717, 1.165) is 67.2 Å². The van der Waals surface area contributed by atoms with E-state index in [-0.39, 0.29) is 0 Å². The molecule has 2 aliphatic heterocycles. The van der Waals surface area contributed by atoms with Gasteiger partial charge in [-0.3, -0.25) is 4.90 Å². The van der Waals surface area contributed by atoms with Gasteiger partial charge in [0.25, 0.3) is 0 Å². The molecule has 0 saturated carbocycles. The number of nitrogens with zero attached hydrogens (tertiary/aromatic N) is 3. The Bertz CT molecular complexity index is 1160. The monoisotopic (exact) mass is 434 g/mol. The number of benzene rings is 1. The molecule has 2 aromatic rings. The van der Waals surface area contributed by atoms with Crippen molar-refractivity contribution in [2.24, 2.45) is 0 Å². The van der Waals surface area contributed by atoms with Crippen LogP contribution in [0.3, 0.4) is 0 Å². The molecule has 8 nitrogen and oxygen atoms in total. The number of morpholine rings is 1. The Hall–Kier alpha value is -3.36. The second kappa shape index (κ2) is 9.42.